The van der Waals surface area contributed by atoms with Gasteiger partial charge in [-0.05, 0) is 43.2 Å². The molecular formula is C19H20ClNO3. The molecule has 5 heteroatoms. The van der Waals surface area contributed by atoms with Gasteiger partial charge in [0, 0.05) is 22.2 Å². The summed E-state index contributed by atoms with van der Waals surface area (Å²) in [6.45, 7) is 2.18. The van der Waals surface area contributed by atoms with E-state index in [1.165, 1.54) is 0 Å². The molecule has 1 aliphatic rings. The van der Waals surface area contributed by atoms with E-state index in [1.807, 2.05) is 49.4 Å². The van der Waals surface area contributed by atoms with Crippen molar-refractivity contribution in [2.75, 3.05) is 19.0 Å². The van der Waals surface area contributed by atoms with Crippen LogP contribution in [0.15, 0.2) is 42.5 Å². The average Bonchev–Trinajstić information content (AvgIpc) is 2.61. The average molecular weight is 346 g/mol. The summed E-state index contributed by atoms with van der Waals surface area (Å²) in [6.07, 6.45) is 0.590. The van der Waals surface area contributed by atoms with Gasteiger partial charge >= 0.3 is 5.97 Å². The Morgan fingerprint density at radius 3 is 2.79 bits per heavy atom. The first-order valence-electron chi connectivity index (χ1n) is 7.99. The molecule has 1 heterocycles. The fourth-order valence-electron chi connectivity index (χ4n) is 3.21. The molecular weight excluding hydrogens is 326 g/mol. The predicted molar refractivity (Wildman–Crippen MR) is 94.9 cm³/mol. The van der Waals surface area contributed by atoms with Gasteiger partial charge in [-0.3, -0.25) is 0 Å². The highest BCUT2D eigenvalue weighted by Gasteiger charge is 2.33. The Balaban J connectivity index is 2.06. The zero-order chi connectivity index (χ0) is 17.1. The number of methoxy groups -OCH3 is 1. The number of benzene rings is 2. The van der Waals surface area contributed by atoms with E-state index >= 15 is 0 Å². The maximum Gasteiger partial charge on any atom is 0.328 e. The van der Waals surface area contributed by atoms with Crippen LogP contribution in [-0.2, 0) is 9.53 Å². The molecule has 0 amide bonds. The zero-order valence-electron chi connectivity index (χ0n) is 13.7. The van der Waals surface area contributed by atoms with Crippen LogP contribution >= 0.6 is 11.6 Å². The van der Waals surface area contributed by atoms with Gasteiger partial charge in [0.2, 0.25) is 0 Å². The Kier molecular flexibility index (Phi) is 4.95. The summed E-state index contributed by atoms with van der Waals surface area (Å²) < 4.78 is 10.7. The minimum atomic E-state index is -0.395. The third kappa shape index (κ3) is 3.20. The summed E-state index contributed by atoms with van der Waals surface area (Å²) in [5, 5.41) is 3.94. The van der Waals surface area contributed by atoms with E-state index in [-0.39, 0.29) is 11.9 Å². The van der Waals surface area contributed by atoms with Gasteiger partial charge in [-0.2, -0.15) is 0 Å². The summed E-state index contributed by atoms with van der Waals surface area (Å²) in [4.78, 5) is 12.3. The molecule has 0 spiro atoms. The lowest BCUT2D eigenvalue weighted by atomic mass is 9.81. The molecule has 4 nitrogen and oxygen atoms in total. The molecule has 2 aromatic rings. The van der Waals surface area contributed by atoms with Crippen LogP contribution < -0.4 is 10.1 Å². The Labute approximate surface area is 146 Å². The number of carbonyl (C=O) groups is 1. The molecule has 0 fully saturated rings. The number of esters is 1. The lowest BCUT2D eigenvalue weighted by molar-refractivity contribution is -0.144. The van der Waals surface area contributed by atoms with Crippen LogP contribution in [0.1, 0.15) is 30.4 Å². The van der Waals surface area contributed by atoms with Gasteiger partial charge in [0.05, 0.1) is 13.7 Å². The number of halogens is 1. The van der Waals surface area contributed by atoms with E-state index in [1.54, 1.807) is 7.11 Å². The quantitative estimate of drug-likeness (QED) is 0.842. The van der Waals surface area contributed by atoms with E-state index in [4.69, 9.17) is 21.1 Å². The lowest BCUT2D eigenvalue weighted by Crippen LogP contribution is -2.37. The molecule has 2 aromatic carbocycles. The summed E-state index contributed by atoms with van der Waals surface area (Å²) >= 11 is 6.20. The number of hydrogen-bond acceptors (Lipinski definition) is 4. The van der Waals surface area contributed by atoms with Crippen molar-refractivity contribution in [2.45, 2.75) is 25.3 Å². The van der Waals surface area contributed by atoms with Crippen molar-refractivity contribution in [3.63, 3.8) is 0 Å². The van der Waals surface area contributed by atoms with E-state index < -0.39 is 6.04 Å². The monoisotopic (exact) mass is 345 g/mol. The Bertz CT molecular complexity index is 747. The minimum Gasteiger partial charge on any atom is -0.496 e. The second-order valence-corrected chi connectivity index (χ2v) is 6.15. The van der Waals surface area contributed by atoms with Crippen molar-refractivity contribution >= 4 is 23.3 Å². The van der Waals surface area contributed by atoms with Crippen LogP contribution in [0.5, 0.6) is 5.75 Å². The lowest BCUT2D eigenvalue weighted by Gasteiger charge is -2.33. The zero-order valence-corrected chi connectivity index (χ0v) is 14.5. The molecule has 1 N–H and O–H groups in total. The Morgan fingerprint density at radius 2 is 2.04 bits per heavy atom. The molecule has 0 aliphatic carbocycles. The summed E-state index contributed by atoms with van der Waals surface area (Å²) in [5.74, 6) is 0.571. The molecule has 24 heavy (non-hydrogen) atoms. The number of fused-ring (bicyclic) bond motifs is 1. The first-order valence-corrected chi connectivity index (χ1v) is 8.37. The molecule has 0 bridgehead atoms. The topological polar surface area (TPSA) is 47.6 Å². The van der Waals surface area contributed by atoms with Crippen molar-refractivity contribution in [1.29, 1.82) is 0 Å². The van der Waals surface area contributed by atoms with E-state index in [0.29, 0.717) is 18.1 Å². The van der Waals surface area contributed by atoms with Crippen molar-refractivity contribution in [1.82, 2.24) is 0 Å². The molecule has 126 valence electrons. The molecule has 3 rings (SSSR count). The fraction of sp³-hybridized carbons (Fsp3) is 0.316. The largest absolute Gasteiger partial charge is 0.496 e. The van der Waals surface area contributed by atoms with E-state index in [9.17, 15) is 4.79 Å². The van der Waals surface area contributed by atoms with Gasteiger partial charge in [-0.25, -0.2) is 4.79 Å². The number of anilines is 1. The smallest absolute Gasteiger partial charge is 0.328 e. The molecule has 2 atom stereocenters. The van der Waals surface area contributed by atoms with Crippen molar-refractivity contribution in [3.05, 3.63) is 58.6 Å². The number of nitrogens with one attached hydrogen (secondary N) is 1. The first-order chi connectivity index (χ1) is 11.6. The fourth-order valence-corrected chi connectivity index (χ4v) is 3.39. The van der Waals surface area contributed by atoms with Crippen LogP contribution in [0.3, 0.4) is 0 Å². The van der Waals surface area contributed by atoms with Crippen molar-refractivity contribution < 1.29 is 14.3 Å². The number of ether oxygens (including phenoxy) is 2. The number of para-hydroxylation sites is 1. The van der Waals surface area contributed by atoms with Crippen LogP contribution in [0.2, 0.25) is 5.02 Å². The summed E-state index contributed by atoms with van der Waals surface area (Å²) in [5.41, 5.74) is 3.01. The maximum absolute atomic E-state index is 12.3. The third-order valence-electron chi connectivity index (χ3n) is 4.28. The SMILES string of the molecule is CCOC(=O)C1CC(c2ccccc2OC)c2cc(Cl)ccc2N1. The summed E-state index contributed by atoms with van der Waals surface area (Å²) in [6, 6.07) is 13.2. The second kappa shape index (κ2) is 7.14. The highest BCUT2D eigenvalue weighted by molar-refractivity contribution is 6.30. The van der Waals surface area contributed by atoms with Crippen LogP contribution in [0, 0.1) is 0 Å². The first kappa shape index (κ1) is 16.7. The van der Waals surface area contributed by atoms with Gasteiger partial charge in [-0.15, -0.1) is 0 Å². The summed E-state index contributed by atoms with van der Waals surface area (Å²) in [7, 11) is 1.65. The Morgan fingerprint density at radius 1 is 1.25 bits per heavy atom. The van der Waals surface area contributed by atoms with Gasteiger partial charge in [0.15, 0.2) is 0 Å². The van der Waals surface area contributed by atoms with E-state index in [0.717, 1.165) is 22.6 Å². The molecule has 0 radical (unpaired) electrons. The molecule has 0 saturated carbocycles. The van der Waals surface area contributed by atoms with Gasteiger partial charge in [0.25, 0.3) is 0 Å². The van der Waals surface area contributed by atoms with Crippen LogP contribution in [0.25, 0.3) is 0 Å². The molecule has 0 aromatic heterocycles. The van der Waals surface area contributed by atoms with Gasteiger partial charge < -0.3 is 14.8 Å². The molecule has 1 aliphatic heterocycles. The highest BCUT2D eigenvalue weighted by atomic mass is 35.5. The van der Waals surface area contributed by atoms with Gasteiger partial charge in [-0.1, -0.05) is 29.8 Å². The molecule has 2 unspecified atom stereocenters. The van der Waals surface area contributed by atoms with Gasteiger partial charge in [0.1, 0.15) is 11.8 Å². The predicted octanol–water partition coefficient (Wildman–Crippen LogP) is 4.23. The maximum atomic E-state index is 12.3. The van der Waals surface area contributed by atoms with Crippen molar-refractivity contribution in [2.24, 2.45) is 0 Å². The number of hydrogen-bond donors (Lipinski definition) is 1. The van der Waals surface area contributed by atoms with Crippen LogP contribution in [-0.4, -0.2) is 25.7 Å². The van der Waals surface area contributed by atoms with Crippen molar-refractivity contribution in [3.8, 4) is 5.75 Å². The second-order valence-electron chi connectivity index (χ2n) is 5.71. The standard InChI is InChI=1S/C19H20ClNO3/c1-3-24-19(22)17-11-14(13-6-4-5-7-18(13)23-2)15-10-12(20)8-9-16(15)21-17/h4-10,14,17,21H,3,11H2,1-2H3. The Hall–Kier alpha value is -2.20. The highest BCUT2D eigenvalue weighted by Crippen LogP contribution is 2.43. The van der Waals surface area contributed by atoms with E-state index in [2.05, 4.69) is 5.32 Å². The number of rotatable bonds is 4. The van der Waals surface area contributed by atoms with Crippen LogP contribution in [0.4, 0.5) is 5.69 Å². The third-order valence-corrected chi connectivity index (χ3v) is 4.51. The minimum absolute atomic E-state index is 0.00510. The normalized spacial score (nSPS) is 19.1. The molecule has 0 saturated heterocycles. The number of carbonyl (C=O) groups excluding carboxylic acids is 1.